The first-order valence-electron chi connectivity index (χ1n) is 3.71. The second kappa shape index (κ2) is 3.85. The fraction of sp³-hybridized carbons (Fsp3) is 0.100. The monoisotopic (exact) mass is 271 g/mol. The summed E-state index contributed by atoms with van der Waals surface area (Å²) in [6.07, 6.45) is 2.06. The molecule has 0 unspecified atom stereocenters. The molecule has 0 saturated heterocycles. The Morgan fingerprint density at radius 1 is 1.00 bits per heavy atom. The molecule has 0 atom stereocenters. The van der Waals surface area contributed by atoms with Crippen LogP contribution in [0, 0.1) is 0 Å². The van der Waals surface area contributed by atoms with Crippen LogP contribution in [0.3, 0.4) is 0 Å². The van der Waals surface area contributed by atoms with E-state index in [1.54, 1.807) is 0 Å². The molecule has 0 N–H and O–H groups in total. The van der Waals surface area contributed by atoms with Crippen LogP contribution >= 0.6 is 0 Å². The summed E-state index contributed by atoms with van der Waals surface area (Å²) in [6.45, 7) is 0. The van der Waals surface area contributed by atoms with Crippen molar-refractivity contribution >= 4 is 10.9 Å². The Bertz CT molecular complexity index is 379. The maximum absolute atomic E-state index is 2.12. The third-order valence-electron chi connectivity index (χ3n) is 1.90. The molecule has 2 heteroatoms. The Kier molecular flexibility index (Phi) is 3.03. The minimum Gasteiger partial charge on any atom is -1.00 e. The highest BCUT2D eigenvalue weighted by Crippen LogP contribution is 2.06. The summed E-state index contributed by atoms with van der Waals surface area (Å²) in [5, 5.41) is 1.29. The van der Waals surface area contributed by atoms with Crippen LogP contribution in [0.15, 0.2) is 42.6 Å². The van der Waals surface area contributed by atoms with Crippen LogP contribution in [0.2, 0.25) is 0 Å². The van der Waals surface area contributed by atoms with Gasteiger partial charge < -0.3 is 24.0 Å². The van der Waals surface area contributed by atoms with E-state index < -0.39 is 0 Å². The van der Waals surface area contributed by atoms with Crippen molar-refractivity contribution in [2.24, 2.45) is 7.05 Å². The average Bonchev–Trinajstić information content (AvgIpc) is 2.06. The van der Waals surface area contributed by atoms with E-state index in [1.807, 2.05) is 0 Å². The number of fused-ring (bicyclic) bond motifs is 1. The lowest BCUT2D eigenvalue weighted by molar-refractivity contribution is -0.644. The van der Waals surface area contributed by atoms with E-state index in [0.29, 0.717) is 0 Å². The van der Waals surface area contributed by atoms with E-state index in [-0.39, 0.29) is 24.0 Å². The first-order valence-corrected chi connectivity index (χ1v) is 3.71. The molecule has 0 aliphatic heterocycles. The van der Waals surface area contributed by atoms with Gasteiger partial charge in [-0.15, -0.1) is 0 Å². The largest absolute Gasteiger partial charge is 1.00 e. The molecule has 62 valence electrons. The van der Waals surface area contributed by atoms with Gasteiger partial charge in [0.1, 0.15) is 7.05 Å². The van der Waals surface area contributed by atoms with Crippen molar-refractivity contribution in [2.45, 2.75) is 0 Å². The molecule has 0 fully saturated rings. The second-order valence-electron chi connectivity index (χ2n) is 2.68. The van der Waals surface area contributed by atoms with Gasteiger partial charge in [-0.05, 0) is 12.1 Å². The lowest BCUT2D eigenvalue weighted by atomic mass is 10.2. The standard InChI is InChI=1S/C10H10N.HI/c1-11-8-4-6-9-5-2-3-7-10(9)11;/h2-8H,1H3;1H/q+1;/p-1. The lowest BCUT2D eigenvalue weighted by Gasteiger charge is -1.93. The zero-order chi connectivity index (χ0) is 7.68. The van der Waals surface area contributed by atoms with Gasteiger partial charge in [-0.3, -0.25) is 0 Å². The van der Waals surface area contributed by atoms with E-state index in [0.717, 1.165) is 0 Å². The van der Waals surface area contributed by atoms with Crippen molar-refractivity contribution in [3.8, 4) is 0 Å². The van der Waals surface area contributed by atoms with Crippen LogP contribution in [0.5, 0.6) is 0 Å². The highest BCUT2D eigenvalue weighted by atomic mass is 127. The number of aromatic nitrogens is 1. The molecular weight excluding hydrogens is 261 g/mol. The number of nitrogens with zero attached hydrogens (tertiary/aromatic N) is 1. The SMILES string of the molecule is C[n+]1cccc2ccccc21.[I-]. The summed E-state index contributed by atoms with van der Waals surface area (Å²) in [7, 11) is 2.06. The third-order valence-corrected chi connectivity index (χ3v) is 1.90. The maximum atomic E-state index is 2.12. The van der Waals surface area contributed by atoms with Crippen LogP contribution in [-0.2, 0) is 7.05 Å². The second-order valence-corrected chi connectivity index (χ2v) is 2.68. The molecule has 0 radical (unpaired) electrons. The number of hydrogen-bond donors (Lipinski definition) is 0. The number of benzene rings is 1. The van der Waals surface area contributed by atoms with Crippen molar-refractivity contribution in [1.82, 2.24) is 0 Å². The number of aryl methyl sites for hydroxylation is 1. The smallest absolute Gasteiger partial charge is 0.212 e. The Balaban J connectivity index is 0.000000720. The summed E-state index contributed by atoms with van der Waals surface area (Å²) in [6, 6.07) is 12.5. The molecule has 1 nitrogen and oxygen atoms in total. The quantitative estimate of drug-likeness (QED) is 0.413. The van der Waals surface area contributed by atoms with E-state index in [9.17, 15) is 0 Å². The Morgan fingerprint density at radius 3 is 2.42 bits per heavy atom. The third kappa shape index (κ3) is 1.58. The molecule has 12 heavy (non-hydrogen) atoms. The number of para-hydroxylation sites is 1. The molecule has 0 aliphatic carbocycles. The summed E-state index contributed by atoms with van der Waals surface area (Å²) in [5.74, 6) is 0. The van der Waals surface area contributed by atoms with Crippen molar-refractivity contribution in [2.75, 3.05) is 0 Å². The molecule has 1 aromatic heterocycles. The first-order chi connectivity index (χ1) is 5.38. The van der Waals surface area contributed by atoms with Crippen molar-refractivity contribution in [1.29, 1.82) is 0 Å². The van der Waals surface area contributed by atoms with Gasteiger partial charge in [0.25, 0.3) is 0 Å². The Labute approximate surface area is 89.1 Å². The molecule has 0 amide bonds. The molecular formula is C10H10IN. The van der Waals surface area contributed by atoms with Crippen LogP contribution in [0.1, 0.15) is 0 Å². The summed E-state index contributed by atoms with van der Waals surface area (Å²) < 4.78 is 2.12. The van der Waals surface area contributed by atoms with Gasteiger partial charge in [0.15, 0.2) is 6.20 Å². The zero-order valence-corrected chi connectivity index (χ0v) is 9.02. The number of halogens is 1. The van der Waals surface area contributed by atoms with E-state index >= 15 is 0 Å². The lowest BCUT2D eigenvalue weighted by Crippen LogP contribution is -3.00. The van der Waals surface area contributed by atoms with Crippen LogP contribution in [-0.4, -0.2) is 0 Å². The molecule has 1 aromatic carbocycles. The predicted octanol–water partition coefficient (Wildman–Crippen LogP) is -1.33. The number of rotatable bonds is 0. The van der Waals surface area contributed by atoms with Gasteiger partial charge in [-0.25, -0.2) is 4.57 Å². The highest BCUT2D eigenvalue weighted by Gasteiger charge is 1.99. The number of pyridine rings is 1. The Morgan fingerprint density at radius 2 is 1.67 bits per heavy atom. The van der Waals surface area contributed by atoms with Crippen molar-refractivity contribution < 1.29 is 28.5 Å². The average molecular weight is 271 g/mol. The Hall–Kier alpha value is -0.640. The van der Waals surface area contributed by atoms with Gasteiger partial charge in [-0.2, -0.15) is 0 Å². The number of hydrogen-bond acceptors (Lipinski definition) is 0. The van der Waals surface area contributed by atoms with E-state index in [2.05, 4.69) is 54.2 Å². The van der Waals surface area contributed by atoms with Gasteiger partial charge in [0.05, 0.1) is 0 Å². The molecule has 2 rings (SSSR count). The van der Waals surface area contributed by atoms with Crippen molar-refractivity contribution in [3.05, 3.63) is 42.6 Å². The highest BCUT2D eigenvalue weighted by molar-refractivity contribution is 5.74. The zero-order valence-electron chi connectivity index (χ0n) is 6.87. The van der Waals surface area contributed by atoms with Gasteiger partial charge >= 0.3 is 0 Å². The van der Waals surface area contributed by atoms with Gasteiger partial charge in [-0.1, -0.05) is 12.1 Å². The summed E-state index contributed by atoms with van der Waals surface area (Å²) in [5.41, 5.74) is 1.27. The molecule has 0 saturated carbocycles. The minimum absolute atomic E-state index is 0. The van der Waals surface area contributed by atoms with Crippen LogP contribution in [0.4, 0.5) is 0 Å². The first kappa shape index (κ1) is 9.45. The molecule has 0 spiro atoms. The normalized spacial score (nSPS) is 9.42. The van der Waals surface area contributed by atoms with Crippen LogP contribution < -0.4 is 28.5 Å². The summed E-state index contributed by atoms with van der Waals surface area (Å²) in [4.78, 5) is 0. The molecule has 1 heterocycles. The fourth-order valence-corrected chi connectivity index (χ4v) is 1.31. The maximum Gasteiger partial charge on any atom is 0.212 e. The van der Waals surface area contributed by atoms with E-state index in [1.165, 1.54) is 10.9 Å². The fourth-order valence-electron chi connectivity index (χ4n) is 1.31. The van der Waals surface area contributed by atoms with E-state index in [4.69, 9.17) is 0 Å². The molecule has 0 bridgehead atoms. The summed E-state index contributed by atoms with van der Waals surface area (Å²) >= 11 is 0. The molecule has 2 aromatic rings. The topological polar surface area (TPSA) is 3.88 Å². The predicted molar refractivity (Wildman–Crippen MR) is 45.1 cm³/mol. The van der Waals surface area contributed by atoms with Gasteiger partial charge in [0, 0.05) is 17.5 Å². The minimum atomic E-state index is 0. The van der Waals surface area contributed by atoms with Crippen molar-refractivity contribution in [3.63, 3.8) is 0 Å². The van der Waals surface area contributed by atoms with Crippen LogP contribution in [0.25, 0.3) is 10.9 Å². The van der Waals surface area contributed by atoms with Gasteiger partial charge in [0.2, 0.25) is 5.52 Å². The molecule has 0 aliphatic rings.